The molecule has 0 N–H and O–H groups in total. The van der Waals surface area contributed by atoms with Crippen LogP contribution < -0.4 is 0 Å². The molecule has 2 heterocycles. The van der Waals surface area contributed by atoms with E-state index in [1.165, 1.54) is 0 Å². The highest BCUT2D eigenvalue weighted by molar-refractivity contribution is 9.10. The summed E-state index contributed by atoms with van der Waals surface area (Å²) in [5, 5.41) is 8.31. The maximum absolute atomic E-state index is 4.27. The normalized spacial score (nSPS) is 11.2. The molecule has 0 aliphatic carbocycles. The molecule has 0 bridgehead atoms. The maximum atomic E-state index is 4.27. The lowest BCUT2D eigenvalue weighted by atomic mass is 10.4. The molecule has 0 unspecified atom stereocenters. The van der Waals surface area contributed by atoms with Crippen LogP contribution in [-0.2, 0) is 19.6 Å². The molecule has 0 fully saturated rings. The number of halogens is 1. The van der Waals surface area contributed by atoms with Crippen molar-refractivity contribution in [2.45, 2.75) is 33.5 Å². The molecule has 19 heavy (non-hydrogen) atoms. The number of hydrogen-bond donors (Lipinski definition) is 0. The van der Waals surface area contributed by atoms with Crippen molar-refractivity contribution in [2.24, 2.45) is 0 Å². The first-order valence-electron chi connectivity index (χ1n) is 6.13. The van der Waals surface area contributed by atoms with Gasteiger partial charge in [-0.15, -0.1) is 10.2 Å². The fraction of sp³-hybridized carbons (Fsp3) is 0.500. The molecule has 0 radical (unpaired) electrons. The van der Waals surface area contributed by atoms with Gasteiger partial charge in [-0.3, -0.25) is 4.90 Å². The first-order valence-corrected chi connectivity index (χ1v) is 6.93. The van der Waals surface area contributed by atoms with Gasteiger partial charge in [0.15, 0.2) is 0 Å². The second-order valence-electron chi connectivity index (χ2n) is 4.40. The summed E-state index contributed by atoms with van der Waals surface area (Å²) in [5.74, 6) is 2.72. The summed E-state index contributed by atoms with van der Waals surface area (Å²) >= 11 is 3.33. The summed E-state index contributed by atoms with van der Waals surface area (Å²) in [6, 6.07) is 0. The van der Waals surface area contributed by atoms with Crippen LogP contribution in [0.15, 0.2) is 16.9 Å². The van der Waals surface area contributed by atoms with Gasteiger partial charge in [-0.25, -0.2) is 9.97 Å². The second-order valence-corrected chi connectivity index (χ2v) is 5.31. The predicted molar refractivity (Wildman–Crippen MR) is 75.3 cm³/mol. The standard InChI is InChI=1S/C12H17BrN6/c1-4-19-9(2)16-17-12(19)8-18(3)7-11-14-5-10(13)6-15-11/h5-6H,4,7-8H2,1-3H3. The Kier molecular flexibility index (Phi) is 4.60. The van der Waals surface area contributed by atoms with Crippen molar-refractivity contribution < 1.29 is 0 Å². The van der Waals surface area contributed by atoms with E-state index in [0.29, 0.717) is 6.54 Å². The molecule has 0 saturated heterocycles. The van der Waals surface area contributed by atoms with E-state index in [1.807, 2.05) is 14.0 Å². The highest BCUT2D eigenvalue weighted by Crippen LogP contribution is 2.08. The van der Waals surface area contributed by atoms with Crippen molar-refractivity contribution in [2.75, 3.05) is 7.05 Å². The van der Waals surface area contributed by atoms with E-state index in [1.54, 1.807) is 12.4 Å². The summed E-state index contributed by atoms with van der Waals surface area (Å²) in [7, 11) is 2.02. The van der Waals surface area contributed by atoms with Gasteiger partial charge in [0, 0.05) is 18.9 Å². The number of aromatic nitrogens is 5. The molecule has 0 atom stereocenters. The molecular formula is C12H17BrN6. The maximum Gasteiger partial charge on any atom is 0.147 e. The molecule has 102 valence electrons. The van der Waals surface area contributed by atoms with Crippen molar-refractivity contribution in [3.05, 3.63) is 34.3 Å². The molecule has 2 aromatic heterocycles. The lowest BCUT2D eigenvalue weighted by Gasteiger charge is -2.15. The highest BCUT2D eigenvalue weighted by atomic mass is 79.9. The van der Waals surface area contributed by atoms with E-state index < -0.39 is 0 Å². The zero-order valence-electron chi connectivity index (χ0n) is 11.3. The largest absolute Gasteiger partial charge is 0.314 e. The van der Waals surface area contributed by atoms with E-state index in [2.05, 4.69) is 52.5 Å². The second kappa shape index (κ2) is 6.21. The minimum atomic E-state index is 0.683. The first kappa shape index (κ1) is 14.1. The average molecular weight is 325 g/mol. The topological polar surface area (TPSA) is 59.7 Å². The molecule has 0 aliphatic heterocycles. The molecule has 0 spiro atoms. The van der Waals surface area contributed by atoms with Crippen molar-refractivity contribution in [3.63, 3.8) is 0 Å². The molecule has 0 saturated carbocycles. The van der Waals surface area contributed by atoms with Gasteiger partial charge in [-0.1, -0.05) is 0 Å². The number of aryl methyl sites for hydroxylation is 1. The summed E-state index contributed by atoms with van der Waals surface area (Å²) < 4.78 is 3.00. The number of nitrogens with zero attached hydrogens (tertiary/aromatic N) is 6. The molecular weight excluding hydrogens is 308 g/mol. The first-order chi connectivity index (χ1) is 9.10. The Labute approximate surface area is 121 Å². The molecule has 0 aliphatic rings. The van der Waals surface area contributed by atoms with E-state index in [0.717, 1.165) is 35.0 Å². The highest BCUT2D eigenvalue weighted by Gasteiger charge is 2.10. The van der Waals surface area contributed by atoms with Gasteiger partial charge in [0.25, 0.3) is 0 Å². The minimum Gasteiger partial charge on any atom is -0.314 e. The zero-order valence-corrected chi connectivity index (χ0v) is 12.9. The van der Waals surface area contributed by atoms with Crippen LogP contribution in [0.4, 0.5) is 0 Å². The predicted octanol–water partition coefficient (Wildman–Crippen LogP) is 1.79. The third kappa shape index (κ3) is 3.57. The van der Waals surface area contributed by atoms with Crippen LogP contribution in [0, 0.1) is 6.92 Å². The van der Waals surface area contributed by atoms with Crippen LogP contribution in [0.3, 0.4) is 0 Å². The summed E-state index contributed by atoms with van der Waals surface area (Å²) in [6.07, 6.45) is 3.52. The molecule has 0 amide bonds. The van der Waals surface area contributed by atoms with Crippen LogP contribution in [0.1, 0.15) is 24.4 Å². The molecule has 2 aromatic rings. The van der Waals surface area contributed by atoms with Crippen LogP contribution >= 0.6 is 15.9 Å². The van der Waals surface area contributed by atoms with Crippen molar-refractivity contribution in [1.29, 1.82) is 0 Å². The fourth-order valence-corrected chi connectivity index (χ4v) is 2.12. The Morgan fingerprint density at radius 3 is 2.53 bits per heavy atom. The quantitative estimate of drug-likeness (QED) is 0.839. The Hall–Kier alpha value is -1.34. The smallest absolute Gasteiger partial charge is 0.147 e. The minimum absolute atomic E-state index is 0.683. The van der Waals surface area contributed by atoms with Gasteiger partial charge in [0.05, 0.1) is 17.6 Å². The third-order valence-corrected chi connectivity index (χ3v) is 3.23. The fourth-order valence-electron chi connectivity index (χ4n) is 1.91. The molecule has 0 aromatic carbocycles. The zero-order chi connectivity index (χ0) is 13.8. The van der Waals surface area contributed by atoms with E-state index in [4.69, 9.17) is 0 Å². The van der Waals surface area contributed by atoms with Crippen LogP contribution in [-0.4, -0.2) is 36.7 Å². The van der Waals surface area contributed by atoms with E-state index in [9.17, 15) is 0 Å². The number of hydrogen-bond acceptors (Lipinski definition) is 5. The van der Waals surface area contributed by atoms with Crippen molar-refractivity contribution in [3.8, 4) is 0 Å². The molecule has 7 heteroatoms. The van der Waals surface area contributed by atoms with Gasteiger partial charge in [0.1, 0.15) is 17.5 Å². The van der Waals surface area contributed by atoms with Crippen LogP contribution in [0.2, 0.25) is 0 Å². The monoisotopic (exact) mass is 324 g/mol. The van der Waals surface area contributed by atoms with Crippen LogP contribution in [0.5, 0.6) is 0 Å². The van der Waals surface area contributed by atoms with Crippen LogP contribution in [0.25, 0.3) is 0 Å². The van der Waals surface area contributed by atoms with E-state index in [-0.39, 0.29) is 0 Å². The Balaban J connectivity index is 2.01. The van der Waals surface area contributed by atoms with Crippen molar-refractivity contribution >= 4 is 15.9 Å². The average Bonchev–Trinajstić information content (AvgIpc) is 2.72. The lowest BCUT2D eigenvalue weighted by Crippen LogP contribution is -2.21. The third-order valence-electron chi connectivity index (χ3n) is 2.83. The lowest BCUT2D eigenvalue weighted by molar-refractivity contribution is 0.297. The summed E-state index contributed by atoms with van der Waals surface area (Å²) in [6.45, 7) is 6.36. The van der Waals surface area contributed by atoms with E-state index >= 15 is 0 Å². The van der Waals surface area contributed by atoms with Gasteiger partial charge < -0.3 is 4.57 Å². The molecule has 2 rings (SSSR count). The molecule has 6 nitrogen and oxygen atoms in total. The Morgan fingerprint density at radius 2 is 1.89 bits per heavy atom. The van der Waals surface area contributed by atoms with Gasteiger partial charge >= 0.3 is 0 Å². The Morgan fingerprint density at radius 1 is 1.21 bits per heavy atom. The number of rotatable bonds is 5. The Bertz CT molecular complexity index is 536. The SMILES string of the molecule is CCn1c(C)nnc1CN(C)Cc1ncc(Br)cn1. The van der Waals surface area contributed by atoms with Gasteiger partial charge in [-0.05, 0) is 36.8 Å². The summed E-state index contributed by atoms with van der Waals surface area (Å²) in [4.78, 5) is 10.7. The summed E-state index contributed by atoms with van der Waals surface area (Å²) in [5.41, 5.74) is 0. The van der Waals surface area contributed by atoms with Crippen molar-refractivity contribution in [1.82, 2.24) is 29.6 Å². The van der Waals surface area contributed by atoms with Gasteiger partial charge in [-0.2, -0.15) is 0 Å². The van der Waals surface area contributed by atoms with Gasteiger partial charge in [0.2, 0.25) is 0 Å².